The molecule has 0 aliphatic carbocycles. The molecule has 0 unspecified atom stereocenters. The van der Waals surface area contributed by atoms with Crippen molar-refractivity contribution >= 4 is 0 Å². The second-order valence-electron chi connectivity index (χ2n) is 2.87. The van der Waals surface area contributed by atoms with Crippen LogP contribution in [0.15, 0.2) is 12.2 Å². The molecule has 0 aliphatic rings. The molecule has 0 bridgehead atoms. The van der Waals surface area contributed by atoms with E-state index < -0.39 is 44.5 Å². The molecule has 0 amide bonds. The van der Waals surface area contributed by atoms with E-state index in [0.717, 1.165) is 0 Å². The minimum atomic E-state index is -5.07. The molecule has 0 fully saturated rings. The quantitative estimate of drug-likeness (QED) is 0.391. The highest BCUT2D eigenvalue weighted by molar-refractivity contribution is 4.79. The van der Waals surface area contributed by atoms with Gasteiger partial charge in [-0.05, 0) is 0 Å². The van der Waals surface area contributed by atoms with Crippen molar-refractivity contribution in [3.63, 3.8) is 0 Å². The van der Waals surface area contributed by atoms with E-state index in [2.05, 4.69) is 14.2 Å². The molecule has 19 heavy (non-hydrogen) atoms. The topological polar surface area (TPSA) is 27.7 Å². The lowest BCUT2D eigenvalue weighted by molar-refractivity contribution is -0.305. The summed E-state index contributed by atoms with van der Waals surface area (Å²) in [4.78, 5) is 0. The van der Waals surface area contributed by atoms with Crippen LogP contribution < -0.4 is 0 Å². The number of rotatable bonds is 8. The molecule has 0 N–H and O–H groups in total. The third kappa shape index (κ3) is 8.32. The standard InChI is InChI=1S/C8H8F8O3/c9-1-2-17-3-5(18-4-7(12,13)14)19-8(15,16)6(10)11/h3,6H,1-2,4H2. The fraction of sp³-hybridized carbons (Fsp3) is 0.750. The minimum absolute atomic E-state index is 0.0433. The van der Waals surface area contributed by atoms with Gasteiger partial charge in [0.1, 0.15) is 13.3 Å². The Kier molecular flexibility index (Phi) is 6.70. The summed E-state index contributed by atoms with van der Waals surface area (Å²) in [5.74, 6) is -1.64. The van der Waals surface area contributed by atoms with Crippen LogP contribution in [0.25, 0.3) is 0 Å². The molecule has 3 nitrogen and oxygen atoms in total. The van der Waals surface area contributed by atoms with Crippen molar-refractivity contribution in [2.75, 3.05) is 19.9 Å². The molecule has 0 radical (unpaired) electrons. The Labute approximate surface area is 101 Å². The van der Waals surface area contributed by atoms with Gasteiger partial charge in [0.15, 0.2) is 12.9 Å². The summed E-state index contributed by atoms with van der Waals surface area (Å²) >= 11 is 0. The predicted molar refractivity (Wildman–Crippen MR) is 44.1 cm³/mol. The molecule has 0 atom stereocenters. The van der Waals surface area contributed by atoms with Crippen LogP contribution in [-0.4, -0.2) is 38.6 Å². The third-order valence-electron chi connectivity index (χ3n) is 1.24. The highest BCUT2D eigenvalue weighted by Gasteiger charge is 2.45. The molecule has 0 aromatic heterocycles. The van der Waals surface area contributed by atoms with Crippen molar-refractivity contribution in [3.8, 4) is 0 Å². The Morgan fingerprint density at radius 2 is 1.68 bits per heavy atom. The van der Waals surface area contributed by atoms with Crippen molar-refractivity contribution in [3.05, 3.63) is 12.2 Å². The molecule has 0 saturated carbocycles. The van der Waals surface area contributed by atoms with Crippen molar-refractivity contribution in [1.82, 2.24) is 0 Å². The summed E-state index contributed by atoms with van der Waals surface area (Å²) in [6, 6.07) is 0. The zero-order valence-electron chi connectivity index (χ0n) is 9.02. The summed E-state index contributed by atoms with van der Waals surface area (Å²) in [5.41, 5.74) is 0. The van der Waals surface area contributed by atoms with E-state index in [-0.39, 0.29) is 6.26 Å². The van der Waals surface area contributed by atoms with E-state index in [0.29, 0.717) is 0 Å². The zero-order chi connectivity index (χ0) is 15.1. The van der Waals surface area contributed by atoms with Crippen LogP contribution in [0.2, 0.25) is 0 Å². The maximum atomic E-state index is 12.4. The zero-order valence-corrected chi connectivity index (χ0v) is 9.02. The summed E-state index contributed by atoms with van der Waals surface area (Å²) in [5, 5.41) is 0. The smallest absolute Gasteiger partial charge is 0.463 e. The first-order valence-corrected chi connectivity index (χ1v) is 4.50. The van der Waals surface area contributed by atoms with E-state index in [1.807, 2.05) is 0 Å². The largest absolute Gasteiger partial charge is 0.491 e. The molecule has 0 aromatic rings. The van der Waals surface area contributed by atoms with E-state index >= 15 is 0 Å². The molecule has 114 valence electrons. The number of alkyl halides is 8. The van der Waals surface area contributed by atoms with Crippen LogP contribution in [-0.2, 0) is 14.2 Å². The van der Waals surface area contributed by atoms with Gasteiger partial charge in [0.25, 0.3) is 0 Å². The third-order valence-corrected chi connectivity index (χ3v) is 1.24. The van der Waals surface area contributed by atoms with Crippen molar-refractivity contribution < 1.29 is 49.3 Å². The van der Waals surface area contributed by atoms with Crippen LogP contribution in [0, 0.1) is 0 Å². The van der Waals surface area contributed by atoms with E-state index in [1.54, 1.807) is 0 Å². The van der Waals surface area contributed by atoms with Crippen LogP contribution in [0.5, 0.6) is 0 Å². The lowest BCUT2D eigenvalue weighted by atomic mass is 10.6. The minimum Gasteiger partial charge on any atom is -0.491 e. The van der Waals surface area contributed by atoms with Gasteiger partial charge in [0, 0.05) is 0 Å². The van der Waals surface area contributed by atoms with Gasteiger partial charge in [-0.1, -0.05) is 0 Å². The van der Waals surface area contributed by atoms with Gasteiger partial charge in [-0.15, -0.1) is 0 Å². The van der Waals surface area contributed by atoms with E-state index in [4.69, 9.17) is 0 Å². The second kappa shape index (κ2) is 7.24. The highest BCUT2D eigenvalue weighted by atomic mass is 19.4. The van der Waals surface area contributed by atoms with Gasteiger partial charge >= 0.3 is 24.7 Å². The first-order valence-electron chi connectivity index (χ1n) is 4.50. The summed E-state index contributed by atoms with van der Waals surface area (Å²) in [6.45, 7) is -3.87. The average molecular weight is 304 g/mol. The number of hydrogen-bond donors (Lipinski definition) is 0. The van der Waals surface area contributed by atoms with Crippen molar-refractivity contribution in [2.24, 2.45) is 0 Å². The lowest BCUT2D eigenvalue weighted by Gasteiger charge is -2.19. The fourth-order valence-electron chi connectivity index (χ4n) is 0.591. The number of ether oxygens (including phenoxy) is 3. The van der Waals surface area contributed by atoms with Gasteiger partial charge in [-0.25, -0.2) is 4.39 Å². The van der Waals surface area contributed by atoms with Gasteiger partial charge in [0.05, 0.1) is 0 Å². The Morgan fingerprint density at radius 3 is 2.11 bits per heavy atom. The molecular weight excluding hydrogens is 296 g/mol. The SMILES string of the molecule is FCCOC=C(OCC(F)(F)F)OC(F)(F)C(F)F. The number of halogens is 8. The van der Waals surface area contributed by atoms with Crippen LogP contribution in [0.4, 0.5) is 35.1 Å². The molecule has 0 saturated heterocycles. The first kappa shape index (κ1) is 17.6. The maximum Gasteiger partial charge on any atom is 0.463 e. The maximum absolute atomic E-state index is 12.4. The van der Waals surface area contributed by atoms with Gasteiger partial charge in [-0.3, -0.25) is 0 Å². The molecular formula is C8H8F8O3. The summed E-state index contributed by atoms with van der Waals surface area (Å²) in [6.07, 6.45) is -14.2. The monoisotopic (exact) mass is 304 g/mol. The Morgan fingerprint density at radius 1 is 1.11 bits per heavy atom. The molecule has 0 rings (SSSR count). The molecule has 0 spiro atoms. The normalized spacial score (nSPS) is 13.6. The van der Waals surface area contributed by atoms with Crippen LogP contribution in [0.3, 0.4) is 0 Å². The van der Waals surface area contributed by atoms with Gasteiger partial charge in [-0.2, -0.15) is 30.7 Å². The average Bonchev–Trinajstić information content (AvgIpc) is 2.24. The summed E-state index contributed by atoms with van der Waals surface area (Å²) < 4.78 is 106. The lowest BCUT2D eigenvalue weighted by Crippen LogP contribution is -2.31. The molecule has 11 heteroatoms. The Balaban J connectivity index is 4.63. The van der Waals surface area contributed by atoms with Crippen molar-refractivity contribution in [2.45, 2.75) is 18.7 Å². The van der Waals surface area contributed by atoms with Crippen LogP contribution >= 0.6 is 0 Å². The summed E-state index contributed by atoms with van der Waals surface area (Å²) in [7, 11) is 0. The van der Waals surface area contributed by atoms with Gasteiger partial charge in [0.2, 0.25) is 0 Å². The Hall–Kier alpha value is -1.42. The van der Waals surface area contributed by atoms with Crippen LogP contribution in [0.1, 0.15) is 0 Å². The first-order chi connectivity index (χ1) is 8.58. The highest BCUT2D eigenvalue weighted by Crippen LogP contribution is 2.28. The van der Waals surface area contributed by atoms with E-state index in [9.17, 15) is 35.1 Å². The van der Waals surface area contributed by atoms with Crippen molar-refractivity contribution in [1.29, 1.82) is 0 Å². The number of hydrogen-bond acceptors (Lipinski definition) is 3. The second-order valence-corrected chi connectivity index (χ2v) is 2.87. The predicted octanol–water partition coefficient (Wildman–Crippen LogP) is 3.22. The molecule has 0 aliphatic heterocycles. The molecule has 0 heterocycles. The van der Waals surface area contributed by atoms with Gasteiger partial charge < -0.3 is 14.2 Å². The Bertz CT molecular complexity index is 288. The fourth-order valence-corrected chi connectivity index (χ4v) is 0.591. The molecule has 0 aromatic carbocycles. The van der Waals surface area contributed by atoms with E-state index in [1.165, 1.54) is 0 Å².